The molecule has 2 heterocycles. The molecule has 5 aromatic rings. The average Bonchev–Trinajstić information content (AvgIpc) is 3.34. The summed E-state index contributed by atoms with van der Waals surface area (Å²) in [4.78, 5) is 27.8. The molecule has 0 spiro atoms. The molecule has 0 radical (unpaired) electrons. The number of carboxylic acid groups (broad SMARTS) is 1. The van der Waals surface area contributed by atoms with Crippen LogP contribution in [-0.4, -0.2) is 27.3 Å². The number of carbonyl (C=O) groups excluding carboxylic acids is 1. The number of benzene rings is 3. The zero-order valence-corrected chi connectivity index (χ0v) is 22.0. The van der Waals surface area contributed by atoms with Crippen LogP contribution in [0, 0.1) is 12.7 Å². The second kappa shape index (κ2) is 11.7. The molecule has 206 valence electrons. The number of halogens is 1. The van der Waals surface area contributed by atoms with Crippen LogP contribution in [0.25, 0.3) is 22.5 Å². The van der Waals surface area contributed by atoms with Crippen LogP contribution in [0.1, 0.15) is 34.6 Å². The van der Waals surface area contributed by atoms with Gasteiger partial charge in [-0.2, -0.15) is 0 Å². The van der Waals surface area contributed by atoms with E-state index in [4.69, 9.17) is 14.0 Å². The first-order chi connectivity index (χ1) is 19.8. The Bertz CT molecular complexity index is 1700. The fraction of sp³-hybridized carbons (Fsp3) is 0.0968. The maximum Gasteiger partial charge on any atom is 0.412 e. The highest BCUT2D eigenvalue weighted by Gasteiger charge is 2.20. The molecule has 0 unspecified atom stereocenters. The first-order valence-electron chi connectivity index (χ1n) is 12.5. The van der Waals surface area contributed by atoms with Gasteiger partial charge in [0.05, 0.1) is 0 Å². The van der Waals surface area contributed by atoms with E-state index in [1.165, 1.54) is 24.4 Å². The lowest BCUT2D eigenvalue weighted by Gasteiger charge is -2.14. The van der Waals surface area contributed by atoms with Gasteiger partial charge in [0.15, 0.2) is 17.3 Å². The minimum Gasteiger partial charge on any atom is -0.477 e. The molecule has 0 saturated carbocycles. The summed E-state index contributed by atoms with van der Waals surface area (Å²) in [6.07, 6.45) is 1.39. The van der Waals surface area contributed by atoms with Crippen molar-refractivity contribution in [2.24, 2.45) is 0 Å². The highest BCUT2D eigenvalue weighted by Crippen LogP contribution is 2.34. The van der Waals surface area contributed by atoms with Crippen LogP contribution in [0.3, 0.4) is 0 Å². The third-order valence-corrected chi connectivity index (χ3v) is 6.29. The molecule has 1 atom stereocenters. The Morgan fingerprint density at radius 2 is 1.66 bits per heavy atom. The molecule has 0 aliphatic carbocycles. The maximum atomic E-state index is 14.9. The van der Waals surface area contributed by atoms with E-state index >= 15 is 0 Å². The van der Waals surface area contributed by atoms with Crippen molar-refractivity contribution >= 4 is 17.7 Å². The zero-order chi connectivity index (χ0) is 28.9. The maximum absolute atomic E-state index is 14.9. The topological polar surface area (TPSA) is 124 Å². The Kier molecular flexibility index (Phi) is 7.73. The van der Waals surface area contributed by atoms with Crippen LogP contribution in [-0.2, 0) is 4.74 Å². The molecule has 0 aliphatic rings. The van der Waals surface area contributed by atoms with Crippen molar-refractivity contribution in [3.63, 3.8) is 0 Å². The molecule has 10 heteroatoms. The highest BCUT2D eigenvalue weighted by molar-refractivity contribution is 5.91. The van der Waals surface area contributed by atoms with Crippen molar-refractivity contribution < 1.29 is 33.1 Å². The van der Waals surface area contributed by atoms with E-state index in [-0.39, 0.29) is 17.1 Å². The van der Waals surface area contributed by atoms with Gasteiger partial charge in [0.25, 0.3) is 0 Å². The average molecular weight is 554 g/mol. The standard InChI is InChI=1S/C31H24FN3O6/c1-18-28(34-31(38)39-19(2)20-6-4-3-5-7-20)29(41-35-18)22-10-8-21(9-11-22)23-12-13-27(25(32)16-23)40-26-14-15-33-17-24(26)30(36)37/h3-17,19H,1-2H3,(H,34,38)(H,36,37)/t19-/m1/s1. The molecule has 0 fully saturated rings. The van der Waals surface area contributed by atoms with Gasteiger partial charge in [-0.05, 0) is 42.7 Å². The van der Waals surface area contributed by atoms with Crippen LogP contribution >= 0.6 is 0 Å². The summed E-state index contributed by atoms with van der Waals surface area (Å²) in [7, 11) is 0. The van der Waals surface area contributed by atoms with Gasteiger partial charge in [-0.25, -0.2) is 14.0 Å². The lowest BCUT2D eigenvalue weighted by atomic mass is 10.0. The van der Waals surface area contributed by atoms with Gasteiger partial charge in [0.1, 0.15) is 28.8 Å². The Morgan fingerprint density at radius 3 is 2.37 bits per heavy atom. The summed E-state index contributed by atoms with van der Waals surface area (Å²) >= 11 is 0. The van der Waals surface area contributed by atoms with Crippen LogP contribution in [0.5, 0.6) is 11.5 Å². The van der Waals surface area contributed by atoms with Gasteiger partial charge in [-0.1, -0.05) is 65.8 Å². The van der Waals surface area contributed by atoms with Crippen molar-refractivity contribution in [1.82, 2.24) is 10.1 Å². The number of nitrogens with one attached hydrogen (secondary N) is 1. The molecule has 41 heavy (non-hydrogen) atoms. The number of carbonyl (C=O) groups is 2. The lowest BCUT2D eigenvalue weighted by molar-refractivity contribution is 0.0693. The normalized spacial score (nSPS) is 11.5. The number of aryl methyl sites for hydroxylation is 1. The van der Waals surface area contributed by atoms with E-state index in [1.54, 1.807) is 44.2 Å². The highest BCUT2D eigenvalue weighted by atomic mass is 19.1. The van der Waals surface area contributed by atoms with Crippen molar-refractivity contribution in [2.45, 2.75) is 20.0 Å². The molecular weight excluding hydrogens is 529 g/mol. The Balaban J connectivity index is 1.31. The van der Waals surface area contributed by atoms with Crippen molar-refractivity contribution in [1.29, 1.82) is 0 Å². The second-order valence-electron chi connectivity index (χ2n) is 9.06. The minimum absolute atomic E-state index is 0.0197. The summed E-state index contributed by atoms with van der Waals surface area (Å²) in [6, 6.07) is 22.2. The fourth-order valence-corrected chi connectivity index (χ4v) is 4.13. The van der Waals surface area contributed by atoms with Crippen molar-refractivity contribution in [2.75, 3.05) is 5.32 Å². The van der Waals surface area contributed by atoms with Crippen LogP contribution in [0.4, 0.5) is 14.9 Å². The summed E-state index contributed by atoms with van der Waals surface area (Å²) in [5.74, 6) is -1.70. The molecule has 1 amide bonds. The number of ether oxygens (including phenoxy) is 2. The third kappa shape index (κ3) is 6.06. The predicted molar refractivity (Wildman–Crippen MR) is 148 cm³/mol. The van der Waals surface area contributed by atoms with E-state index in [0.717, 1.165) is 11.8 Å². The monoisotopic (exact) mass is 553 g/mol. The van der Waals surface area contributed by atoms with E-state index in [1.807, 2.05) is 30.3 Å². The number of aromatic carboxylic acids is 1. The first-order valence-corrected chi connectivity index (χ1v) is 12.5. The smallest absolute Gasteiger partial charge is 0.412 e. The summed E-state index contributed by atoms with van der Waals surface area (Å²) in [6.45, 7) is 3.48. The number of hydrogen-bond donors (Lipinski definition) is 2. The number of hydrogen-bond acceptors (Lipinski definition) is 7. The van der Waals surface area contributed by atoms with Crippen LogP contribution < -0.4 is 10.1 Å². The molecule has 2 N–H and O–H groups in total. The molecular formula is C31H24FN3O6. The van der Waals surface area contributed by atoms with Gasteiger partial charge in [-0.15, -0.1) is 0 Å². The number of carboxylic acids is 1. The molecule has 3 aromatic carbocycles. The van der Waals surface area contributed by atoms with Gasteiger partial charge < -0.3 is 19.1 Å². The summed E-state index contributed by atoms with van der Waals surface area (Å²) < 4.78 is 31.4. The van der Waals surface area contributed by atoms with Gasteiger partial charge in [-0.3, -0.25) is 10.3 Å². The second-order valence-corrected chi connectivity index (χ2v) is 9.06. The lowest BCUT2D eigenvalue weighted by Crippen LogP contribution is -2.16. The van der Waals surface area contributed by atoms with E-state index < -0.39 is 24.0 Å². The van der Waals surface area contributed by atoms with Gasteiger partial charge in [0, 0.05) is 24.0 Å². The zero-order valence-electron chi connectivity index (χ0n) is 22.0. The van der Waals surface area contributed by atoms with E-state index in [0.29, 0.717) is 33.8 Å². The third-order valence-electron chi connectivity index (χ3n) is 6.29. The number of amides is 1. The number of pyridine rings is 1. The van der Waals surface area contributed by atoms with Gasteiger partial charge >= 0.3 is 12.1 Å². The Labute approximate surface area is 234 Å². The van der Waals surface area contributed by atoms with E-state index in [2.05, 4.69) is 15.5 Å². The summed E-state index contributed by atoms with van der Waals surface area (Å²) in [5.41, 5.74) is 3.45. The molecule has 0 saturated heterocycles. The number of aromatic nitrogens is 2. The fourth-order valence-electron chi connectivity index (χ4n) is 4.13. The molecule has 0 bridgehead atoms. The number of rotatable bonds is 8. The Morgan fingerprint density at radius 1 is 0.951 bits per heavy atom. The predicted octanol–water partition coefficient (Wildman–Crippen LogP) is 7.65. The molecule has 2 aromatic heterocycles. The largest absolute Gasteiger partial charge is 0.477 e. The van der Waals surface area contributed by atoms with E-state index in [9.17, 15) is 19.1 Å². The first kappa shape index (κ1) is 27.1. The van der Waals surface area contributed by atoms with Crippen LogP contribution in [0.2, 0.25) is 0 Å². The number of anilines is 1. The minimum atomic E-state index is -1.23. The van der Waals surface area contributed by atoms with Crippen molar-refractivity contribution in [3.05, 3.63) is 114 Å². The molecule has 9 nitrogen and oxygen atoms in total. The molecule has 0 aliphatic heterocycles. The molecule has 5 rings (SSSR count). The van der Waals surface area contributed by atoms with Crippen LogP contribution in [0.15, 0.2) is 95.8 Å². The quantitative estimate of drug-likeness (QED) is 0.201. The number of nitrogens with zero attached hydrogens (tertiary/aromatic N) is 2. The summed E-state index contributed by atoms with van der Waals surface area (Å²) in [5, 5.41) is 16.0. The SMILES string of the molecule is Cc1noc(-c2ccc(-c3ccc(Oc4ccncc4C(=O)O)c(F)c3)cc2)c1NC(=O)O[C@H](C)c1ccccc1. The van der Waals surface area contributed by atoms with Crippen molar-refractivity contribution in [3.8, 4) is 33.9 Å². The van der Waals surface area contributed by atoms with Gasteiger partial charge in [0.2, 0.25) is 0 Å². The Hall–Kier alpha value is -5.51.